The van der Waals surface area contributed by atoms with Crippen molar-refractivity contribution >= 4 is 5.91 Å². The van der Waals surface area contributed by atoms with Gasteiger partial charge in [-0.05, 0) is 24.2 Å². The van der Waals surface area contributed by atoms with E-state index in [1.165, 1.54) is 6.42 Å². The van der Waals surface area contributed by atoms with Gasteiger partial charge >= 0.3 is 0 Å². The zero-order valence-electron chi connectivity index (χ0n) is 10.7. The summed E-state index contributed by atoms with van der Waals surface area (Å²) >= 11 is 0. The van der Waals surface area contributed by atoms with Gasteiger partial charge in [0.2, 0.25) is 5.91 Å². The Labute approximate surface area is 94.0 Å². The fourth-order valence-electron chi connectivity index (χ4n) is 2.45. The zero-order chi connectivity index (χ0) is 11.5. The molecule has 0 radical (unpaired) electrons. The molecule has 0 N–H and O–H groups in total. The van der Waals surface area contributed by atoms with Gasteiger partial charge in [-0.3, -0.25) is 4.79 Å². The number of carbonyl (C=O) groups excluding carboxylic acids is 1. The Morgan fingerprint density at radius 1 is 1.47 bits per heavy atom. The summed E-state index contributed by atoms with van der Waals surface area (Å²) in [5.41, 5.74) is 0.178. The summed E-state index contributed by atoms with van der Waals surface area (Å²) in [6.45, 7) is 10.8. The van der Waals surface area contributed by atoms with Crippen molar-refractivity contribution in [2.24, 2.45) is 11.3 Å². The number of carbonyl (C=O) groups is 1. The van der Waals surface area contributed by atoms with Crippen LogP contribution in [0.15, 0.2) is 0 Å². The maximum atomic E-state index is 12.0. The van der Waals surface area contributed by atoms with Gasteiger partial charge in [-0.15, -0.1) is 0 Å². The molecule has 0 aromatic heterocycles. The Bertz CT molecular complexity index is 223. The van der Waals surface area contributed by atoms with Gasteiger partial charge in [-0.1, -0.05) is 34.1 Å². The average Bonchev–Trinajstić information content (AvgIpc) is 2.50. The van der Waals surface area contributed by atoms with Crippen LogP contribution in [-0.2, 0) is 4.79 Å². The number of rotatable bonds is 4. The van der Waals surface area contributed by atoms with Crippen molar-refractivity contribution < 1.29 is 4.79 Å². The molecule has 15 heavy (non-hydrogen) atoms. The van der Waals surface area contributed by atoms with Gasteiger partial charge in [0.25, 0.3) is 0 Å². The molecule has 0 aliphatic carbocycles. The molecule has 1 atom stereocenters. The van der Waals surface area contributed by atoms with E-state index in [1.54, 1.807) is 0 Å². The molecule has 1 amide bonds. The molecule has 1 aliphatic heterocycles. The number of hydrogen-bond acceptors (Lipinski definition) is 1. The number of likely N-dealkylation sites (tertiary alicyclic amines) is 1. The maximum Gasteiger partial charge on any atom is 0.223 e. The van der Waals surface area contributed by atoms with E-state index in [1.807, 2.05) is 4.90 Å². The standard InChI is InChI=1S/C13H25NO/c1-5-7-13(3,4)9-12(15)14-8-6-11(2)10-14/h11H,5-10H2,1-4H3/t11-/m0/s1. The summed E-state index contributed by atoms with van der Waals surface area (Å²) in [6, 6.07) is 0. The van der Waals surface area contributed by atoms with Gasteiger partial charge in [0.15, 0.2) is 0 Å². The van der Waals surface area contributed by atoms with Crippen LogP contribution in [0, 0.1) is 11.3 Å². The van der Waals surface area contributed by atoms with E-state index in [0.29, 0.717) is 18.2 Å². The molecule has 0 aromatic rings. The smallest absolute Gasteiger partial charge is 0.223 e. The van der Waals surface area contributed by atoms with Crippen LogP contribution in [-0.4, -0.2) is 23.9 Å². The van der Waals surface area contributed by atoms with Crippen molar-refractivity contribution in [3.05, 3.63) is 0 Å². The molecule has 1 heterocycles. The Balaban J connectivity index is 2.41. The molecule has 0 saturated carbocycles. The molecule has 2 nitrogen and oxygen atoms in total. The van der Waals surface area contributed by atoms with E-state index in [-0.39, 0.29) is 5.41 Å². The van der Waals surface area contributed by atoms with E-state index in [9.17, 15) is 4.79 Å². The van der Waals surface area contributed by atoms with Crippen molar-refractivity contribution in [2.45, 2.75) is 53.4 Å². The van der Waals surface area contributed by atoms with Gasteiger partial charge in [0.1, 0.15) is 0 Å². The van der Waals surface area contributed by atoms with Crippen molar-refractivity contribution in [3.63, 3.8) is 0 Å². The lowest BCUT2D eigenvalue weighted by atomic mass is 9.84. The maximum absolute atomic E-state index is 12.0. The van der Waals surface area contributed by atoms with Crippen molar-refractivity contribution in [1.82, 2.24) is 4.90 Å². The van der Waals surface area contributed by atoms with Gasteiger partial charge < -0.3 is 4.90 Å². The highest BCUT2D eigenvalue weighted by atomic mass is 16.2. The molecule has 1 fully saturated rings. The summed E-state index contributed by atoms with van der Waals surface area (Å²) < 4.78 is 0. The van der Waals surface area contributed by atoms with Crippen molar-refractivity contribution in [1.29, 1.82) is 0 Å². The Kier molecular flexibility index (Phi) is 4.18. The quantitative estimate of drug-likeness (QED) is 0.700. The Morgan fingerprint density at radius 3 is 2.60 bits per heavy atom. The monoisotopic (exact) mass is 211 g/mol. The third kappa shape index (κ3) is 3.84. The van der Waals surface area contributed by atoms with E-state index in [4.69, 9.17) is 0 Å². The lowest BCUT2D eigenvalue weighted by Gasteiger charge is -2.26. The summed E-state index contributed by atoms with van der Waals surface area (Å²) in [5, 5.41) is 0. The van der Waals surface area contributed by atoms with Crippen LogP contribution in [0.3, 0.4) is 0 Å². The van der Waals surface area contributed by atoms with Crippen LogP contribution in [0.1, 0.15) is 53.4 Å². The van der Waals surface area contributed by atoms with Gasteiger partial charge in [0, 0.05) is 19.5 Å². The minimum absolute atomic E-state index is 0.178. The lowest BCUT2D eigenvalue weighted by molar-refractivity contribution is -0.132. The second-order valence-electron chi connectivity index (χ2n) is 5.82. The van der Waals surface area contributed by atoms with Crippen LogP contribution >= 0.6 is 0 Å². The first-order chi connectivity index (χ1) is 6.94. The minimum atomic E-state index is 0.178. The molecule has 88 valence electrons. The van der Waals surface area contributed by atoms with Gasteiger partial charge in [0.05, 0.1) is 0 Å². The minimum Gasteiger partial charge on any atom is -0.342 e. The molecule has 0 aromatic carbocycles. The summed E-state index contributed by atoms with van der Waals surface area (Å²) in [7, 11) is 0. The molecular formula is C13H25NO. The number of nitrogens with zero attached hydrogens (tertiary/aromatic N) is 1. The molecule has 1 aliphatic rings. The topological polar surface area (TPSA) is 20.3 Å². The van der Waals surface area contributed by atoms with E-state index >= 15 is 0 Å². The molecular weight excluding hydrogens is 186 g/mol. The van der Waals surface area contributed by atoms with Crippen LogP contribution in [0.25, 0.3) is 0 Å². The lowest BCUT2D eigenvalue weighted by Crippen LogP contribution is -2.32. The van der Waals surface area contributed by atoms with Crippen LogP contribution in [0.5, 0.6) is 0 Å². The predicted octanol–water partition coefficient (Wildman–Crippen LogP) is 3.07. The largest absolute Gasteiger partial charge is 0.342 e. The summed E-state index contributed by atoms with van der Waals surface area (Å²) in [6.07, 6.45) is 4.20. The molecule has 0 bridgehead atoms. The van der Waals surface area contributed by atoms with Crippen LogP contribution < -0.4 is 0 Å². The molecule has 1 rings (SSSR count). The Hall–Kier alpha value is -0.530. The fourth-order valence-corrected chi connectivity index (χ4v) is 2.45. The Morgan fingerprint density at radius 2 is 2.13 bits per heavy atom. The number of amides is 1. The highest BCUT2D eigenvalue weighted by Crippen LogP contribution is 2.28. The van der Waals surface area contributed by atoms with Gasteiger partial charge in [-0.2, -0.15) is 0 Å². The first kappa shape index (κ1) is 12.5. The first-order valence-electron chi connectivity index (χ1n) is 6.22. The average molecular weight is 211 g/mol. The van der Waals surface area contributed by atoms with Crippen LogP contribution in [0.4, 0.5) is 0 Å². The summed E-state index contributed by atoms with van der Waals surface area (Å²) in [4.78, 5) is 14.1. The van der Waals surface area contributed by atoms with Crippen LogP contribution in [0.2, 0.25) is 0 Å². The highest BCUT2D eigenvalue weighted by molar-refractivity contribution is 5.77. The highest BCUT2D eigenvalue weighted by Gasteiger charge is 2.28. The molecule has 2 heteroatoms. The third-order valence-electron chi connectivity index (χ3n) is 3.33. The fraction of sp³-hybridized carbons (Fsp3) is 0.923. The number of hydrogen-bond donors (Lipinski definition) is 0. The first-order valence-corrected chi connectivity index (χ1v) is 6.22. The van der Waals surface area contributed by atoms with Crippen molar-refractivity contribution in [2.75, 3.05) is 13.1 Å². The zero-order valence-corrected chi connectivity index (χ0v) is 10.7. The SMILES string of the molecule is CCCC(C)(C)CC(=O)N1CC[C@H](C)C1. The summed E-state index contributed by atoms with van der Waals surface area (Å²) in [5.74, 6) is 1.06. The van der Waals surface area contributed by atoms with E-state index in [0.717, 1.165) is 25.9 Å². The predicted molar refractivity (Wildman–Crippen MR) is 63.7 cm³/mol. The molecule has 0 spiro atoms. The normalized spacial score (nSPS) is 22.1. The molecule has 0 unspecified atom stereocenters. The van der Waals surface area contributed by atoms with Gasteiger partial charge in [-0.25, -0.2) is 0 Å². The second kappa shape index (κ2) is 5.00. The van der Waals surface area contributed by atoms with Crippen molar-refractivity contribution in [3.8, 4) is 0 Å². The third-order valence-corrected chi connectivity index (χ3v) is 3.33. The second-order valence-corrected chi connectivity index (χ2v) is 5.82. The molecule has 1 saturated heterocycles. The van der Waals surface area contributed by atoms with E-state index < -0.39 is 0 Å². The van der Waals surface area contributed by atoms with E-state index in [2.05, 4.69) is 27.7 Å².